The van der Waals surface area contributed by atoms with E-state index in [-0.39, 0.29) is 0 Å². The zero-order valence-electron chi connectivity index (χ0n) is 33.5. The smallest absolute Gasteiger partial charge is 0.164 e. The van der Waals surface area contributed by atoms with Gasteiger partial charge in [0, 0.05) is 49.0 Å². The Hall–Kier alpha value is -8.61. The molecule has 4 heterocycles. The molecule has 0 radical (unpaired) electrons. The molecule has 0 atom stereocenters. The van der Waals surface area contributed by atoms with Crippen LogP contribution in [0.15, 0.2) is 201 Å². The molecule has 0 spiro atoms. The average molecular weight is 806 g/mol. The van der Waals surface area contributed by atoms with Crippen LogP contribution >= 0.6 is 0 Å². The van der Waals surface area contributed by atoms with Crippen LogP contribution in [0, 0.1) is 0 Å². The second-order valence-electron chi connectivity index (χ2n) is 16.3. The summed E-state index contributed by atoms with van der Waals surface area (Å²) in [5, 5.41) is 13.4. The first-order valence-corrected chi connectivity index (χ1v) is 21.1. The second kappa shape index (κ2) is 12.9. The maximum Gasteiger partial charge on any atom is 0.164 e. The number of fused-ring (bicyclic) bond motifs is 15. The molecule has 0 saturated carbocycles. The van der Waals surface area contributed by atoms with Crippen LogP contribution in [0.2, 0.25) is 0 Å². The van der Waals surface area contributed by atoms with Gasteiger partial charge in [-0.25, -0.2) is 15.0 Å². The molecule has 14 rings (SSSR count). The number of nitrogens with zero attached hydrogens (tertiary/aromatic N) is 3. The Balaban J connectivity index is 0.989. The third-order valence-corrected chi connectivity index (χ3v) is 12.7. The highest BCUT2D eigenvalue weighted by molar-refractivity contribution is 6.25. The minimum Gasteiger partial charge on any atom is -0.456 e. The van der Waals surface area contributed by atoms with E-state index >= 15 is 0 Å². The summed E-state index contributed by atoms with van der Waals surface area (Å²) in [4.78, 5) is 15.8. The molecule has 0 unspecified atom stereocenters. The van der Waals surface area contributed by atoms with Crippen LogP contribution in [0.25, 0.3) is 143 Å². The normalized spacial score (nSPS) is 12.1. The van der Waals surface area contributed by atoms with Gasteiger partial charge >= 0.3 is 0 Å². The molecular formula is C57H31N3O3. The highest BCUT2D eigenvalue weighted by Crippen LogP contribution is 2.41. The van der Waals surface area contributed by atoms with E-state index in [1.807, 2.05) is 60.7 Å². The molecule has 0 saturated heterocycles. The van der Waals surface area contributed by atoms with Crippen molar-refractivity contribution < 1.29 is 13.3 Å². The first-order chi connectivity index (χ1) is 31.2. The topological polar surface area (TPSA) is 78.1 Å². The molecule has 0 aliphatic carbocycles. The number of benzene rings is 10. The van der Waals surface area contributed by atoms with Gasteiger partial charge in [-0.2, -0.15) is 0 Å². The second-order valence-corrected chi connectivity index (χ2v) is 16.3. The maximum absolute atomic E-state index is 6.54. The lowest BCUT2D eigenvalue weighted by Gasteiger charge is -2.13. The zero-order chi connectivity index (χ0) is 41.2. The van der Waals surface area contributed by atoms with Crippen LogP contribution in [0.3, 0.4) is 0 Å². The lowest BCUT2D eigenvalue weighted by molar-refractivity contribution is 0.668. The third kappa shape index (κ3) is 5.15. The first-order valence-electron chi connectivity index (χ1n) is 21.1. The van der Waals surface area contributed by atoms with Gasteiger partial charge in [0.15, 0.2) is 17.5 Å². The molecule has 0 aliphatic heterocycles. The van der Waals surface area contributed by atoms with Crippen LogP contribution in [-0.4, -0.2) is 15.0 Å². The van der Waals surface area contributed by atoms with E-state index < -0.39 is 0 Å². The van der Waals surface area contributed by atoms with Crippen molar-refractivity contribution in [2.45, 2.75) is 0 Å². The Morgan fingerprint density at radius 2 is 0.635 bits per heavy atom. The summed E-state index contributed by atoms with van der Waals surface area (Å²) in [6.07, 6.45) is 0. The van der Waals surface area contributed by atoms with Gasteiger partial charge in [0.1, 0.15) is 33.5 Å². The summed E-state index contributed by atoms with van der Waals surface area (Å²) in [5.41, 5.74) is 9.56. The summed E-state index contributed by atoms with van der Waals surface area (Å²) in [6.45, 7) is 0. The molecule has 0 N–H and O–H groups in total. The van der Waals surface area contributed by atoms with Crippen molar-refractivity contribution in [2.75, 3.05) is 0 Å². The van der Waals surface area contributed by atoms with Crippen LogP contribution in [0.4, 0.5) is 0 Å². The average Bonchev–Trinajstić information content (AvgIpc) is 4.04. The fraction of sp³-hybridized carbons (Fsp3) is 0. The Morgan fingerprint density at radius 3 is 1.29 bits per heavy atom. The van der Waals surface area contributed by atoms with Gasteiger partial charge < -0.3 is 13.3 Å². The number of furan rings is 3. The van der Waals surface area contributed by atoms with Gasteiger partial charge in [-0.05, 0) is 104 Å². The van der Waals surface area contributed by atoms with Gasteiger partial charge in [-0.3, -0.25) is 0 Å². The van der Waals surface area contributed by atoms with E-state index in [9.17, 15) is 0 Å². The lowest BCUT2D eigenvalue weighted by atomic mass is 9.93. The molecule has 14 aromatic rings. The van der Waals surface area contributed by atoms with Crippen molar-refractivity contribution >= 4 is 98.1 Å². The van der Waals surface area contributed by atoms with E-state index in [0.29, 0.717) is 17.5 Å². The van der Waals surface area contributed by atoms with E-state index in [0.717, 1.165) is 99.0 Å². The van der Waals surface area contributed by atoms with Crippen LogP contribution in [0.5, 0.6) is 0 Å². The Morgan fingerprint density at radius 1 is 0.238 bits per heavy atom. The van der Waals surface area contributed by atoms with E-state index in [1.165, 1.54) is 26.9 Å². The number of hydrogen-bond acceptors (Lipinski definition) is 6. The maximum atomic E-state index is 6.54. The van der Waals surface area contributed by atoms with Gasteiger partial charge in [0.25, 0.3) is 0 Å². The summed E-state index contributed by atoms with van der Waals surface area (Å²) in [7, 11) is 0. The first kappa shape index (κ1) is 34.1. The van der Waals surface area contributed by atoms with Gasteiger partial charge in [0.05, 0.1) is 0 Å². The Labute approximate surface area is 358 Å². The lowest BCUT2D eigenvalue weighted by Crippen LogP contribution is -2.00. The fourth-order valence-corrected chi connectivity index (χ4v) is 9.76. The van der Waals surface area contributed by atoms with Crippen molar-refractivity contribution in [3.63, 3.8) is 0 Å². The molecule has 292 valence electrons. The third-order valence-electron chi connectivity index (χ3n) is 12.7. The van der Waals surface area contributed by atoms with Crippen LogP contribution in [0.1, 0.15) is 0 Å². The molecular weight excluding hydrogens is 775 g/mol. The zero-order valence-corrected chi connectivity index (χ0v) is 33.5. The van der Waals surface area contributed by atoms with Crippen molar-refractivity contribution in [1.82, 2.24) is 15.0 Å². The van der Waals surface area contributed by atoms with Gasteiger partial charge in [-0.15, -0.1) is 0 Å². The summed E-state index contributed by atoms with van der Waals surface area (Å²) in [5.74, 6) is 1.67. The number of para-hydroxylation sites is 2. The predicted octanol–water partition coefficient (Wildman–Crippen LogP) is 15.7. The molecule has 0 aliphatic rings. The molecule has 6 heteroatoms. The summed E-state index contributed by atoms with van der Waals surface area (Å²) < 4.78 is 19.2. The molecule has 10 aromatic carbocycles. The number of rotatable bonds is 4. The summed E-state index contributed by atoms with van der Waals surface area (Å²) in [6, 6.07) is 65.2. The highest BCUT2D eigenvalue weighted by atomic mass is 16.3. The molecule has 6 nitrogen and oxygen atoms in total. The SMILES string of the molecule is c1ccc2c(c1)oc1cc(-c3ccc4oc5cccc(-c6nc(-c7ccc8c(c7)oc7ccccc78)nc(-c7ccc8c9ccccc9c9ccccc9c8c7)n6)c5c4c3)ccc12. The minimum absolute atomic E-state index is 0.547. The van der Waals surface area contributed by atoms with Gasteiger partial charge in [0.2, 0.25) is 0 Å². The Kier molecular flexibility index (Phi) is 7.02. The number of aromatic nitrogens is 3. The molecule has 4 aromatic heterocycles. The Bertz CT molecular complexity index is 4200. The van der Waals surface area contributed by atoms with E-state index in [4.69, 9.17) is 28.2 Å². The predicted molar refractivity (Wildman–Crippen MR) is 256 cm³/mol. The van der Waals surface area contributed by atoms with E-state index in [1.54, 1.807) is 0 Å². The van der Waals surface area contributed by atoms with Gasteiger partial charge in [-0.1, -0.05) is 127 Å². The standard InChI is InChI=1S/C57H31N3O3/c1-2-12-38-36(10-1)37-11-3-4-13-39(37)46-29-34(21-24-40(38)46)55-58-56(35-22-26-44-42-15-6-8-18-49(42)63-53(44)31-35)60-57(59-55)45-16-9-19-51-54(45)47-28-32(23-27-50(47)61-51)33-20-25-43-41-14-5-7-17-48(41)62-52(43)30-33/h1-31H. The quantitative estimate of drug-likeness (QED) is 0.165. The molecule has 63 heavy (non-hydrogen) atoms. The van der Waals surface area contributed by atoms with Crippen molar-refractivity contribution in [2.24, 2.45) is 0 Å². The van der Waals surface area contributed by atoms with Crippen LogP contribution < -0.4 is 0 Å². The van der Waals surface area contributed by atoms with Crippen molar-refractivity contribution in [3.8, 4) is 45.3 Å². The summed E-state index contributed by atoms with van der Waals surface area (Å²) >= 11 is 0. The number of hydrogen-bond donors (Lipinski definition) is 0. The monoisotopic (exact) mass is 805 g/mol. The van der Waals surface area contributed by atoms with E-state index in [2.05, 4.69) is 127 Å². The van der Waals surface area contributed by atoms with Crippen LogP contribution in [-0.2, 0) is 0 Å². The molecule has 0 fully saturated rings. The largest absolute Gasteiger partial charge is 0.456 e. The minimum atomic E-state index is 0.547. The molecule has 0 bridgehead atoms. The molecule has 0 amide bonds. The fourth-order valence-electron chi connectivity index (χ4n) is 9.76. The highest BCUT2D eigenvalue weighted by Gasteiger charge is 2.20. The van der Waals surface area contributed by atoms with Crippen molar-refractivity contribution in [1.29, 1.82) is 0 Å². The van der Waals surface area contributed by atoms with Crippen molar-refractivity contribution in [3.05, 3.63) is 188 Å².